The van der Waals surface area contributed by atoms with Gasteiger partial charge in [-0.25, -0.2) is 0 Å². The Kier molecular flexibility index (Phi) is 4.53. The molecular formula is C13H15NO2. The van der Waals surface area contributed by atoms with Gasteiger partial charge in [0.05, 0.1) is 0 Å². The third kappa shape index (κ3) is 3.74. The van der Waals surface area contributed by atoms with E-state index >= 15 is 0 Å². The minimum absolute atomic E-state index is 0.199. The molecule has 0 aliphatic rings. The first-order valence-electron chi connectivity index (χ1n) is 5.25. The topological polar surface area (TPSA) is 50.1 Å². The number of carbonyl (C=O) groups excluding carboxylic acids is 1. The zero-order valence-electron chi connectivity index (χ0n) is 9.51. The van der Waals surface area contributed by atoms with Crippen molar-refractivity contribution in [2.45, 2.75) is 32.3 Å². The lowest BCUT2D eigenvalue weighted by atomic mass is 9.95. The lowest BCUT2D eigenvalue weighted by Crippen LogP contribution is -2.16. The van der Waals surface area contributed by atoms with Crippen molar-refractivity contribution in [2.24, 2.45) is 0 Å². The number of hydrogen-bond acceptors (Lipinski definition) is 3. The summed E-state index contributed by atoms with van der Waals surface area (Å²) in [4.78, 5) is 10.8. The van der Waals surface area contributed by atoms with Crippen LogP contribution in [0.25, 0.3) is 0 Å². The monoisotopic (exact) mass is 217 g/mol. The molecule has 0 radical (unpaired) electrons. The summed E-state index contributed by atoms with van der Waals surface area (Å²) in [5, 5.41) is 8.84. The molecule has 1 rings (SSSR count). The van der Waals surface area contributed by atoms with Crippen molar-refractivity contribution in [1.82, 2.24) is 0 Å². The van der Waals surface area contributed by atoms with Gasteiger partial charge in [0, 0.05) is 13.3 Å². The molecule has 0 fully saturated rings. The number of carbonyl (C=O) groups is 1. The molecule has 0 saturated carbocycles. The Morgan fingerprint density at radius 3 is 2.56 bits per heavy atom. The third-order valence-corrected chi connectivity index (χ3v) is 2.39. The van der Waals surface area contributed by atoms with Crippen LogP contribution in [0, 0.1) is 11.3 Å². The molecule has 84 valence electrons. The predicted octanol–water partition coefficient (Wildman–Crippen LogP) is 2.64. The highest BCUT2D eigenvalue weighted by Crippen LogP contribution is 2.21. The van der Waals surface area contributed by atoms with Crippen LogP contribution >= 0.6 is 0 Å². The second kappa shape index (κ2) is 5.92. The van der Waals surface area contributed by atoms with Crippen LogP contribution in [-0.2, 0) is 9.53 Å². The molecule has 3 heteroatoms. The van der Waals surface area contributed by atoms with E-state index in [0.29, 0.717) is 6.42 Å². The van der Waals surface area contributed by atoms with Gasteiger partial charge in [0.15, 0.2) is 6.10 Å². The highest BCUT2D eigenvalue weighted by Gasteiger charge is 2.16. The summed E-state index contributed by atoms with van der Waals surface area (Å²) in [5.74, 6) is -0.211. The molecule has 0 spiro atoms. The van der Waals surface area contributed by atoms with Crippen molar-refractivity contribution < 1.29 is 9.53 Å². The molecule has 0 aromatic heterocycles. The van der Waals surface area contributed by atoms with Crippen molar-refractivity contribution >= 4 is 5.97 Å². The molecule has 0 saturated heterocycles. The van der Waals surface area contributed by atoms with Gasteiger partial charge in [0.1, 0.15) is 6.07 Å². The van der Waals surface area contributed by atoms with E-state index in [9.17, 15) is 4.79 Å². The Morgan fingerprint density at radius 2 is 2.06 bits per heavy atom. The average molecular weight is 217 g/mol. The largest absolute Gasteiger partial charge is 0.447 e. The van der Waals surface area contributed by atoms with E-state index < -0.39 is 12.1 Å². The third-order valence-electron chi connectivity index (χ3n) is 2.39. The second-order valence-electron chi connectivity index (χ2n) is 3.77. The summed E-state index contributed by atoms with van der Waals surface area (Å²) in [6, 6.07) is 11.9. The maximum absolute atomic E-state index is 10.8. The van der Waals surface area contributed by atoms with Gasteiger partial charge in [0.25, 0.3) is 0 Å². The van der Waals surface area contributed by atoms with Gasteiger partial charge < -0.3 is 4.74 Å². The van der Waals surface area contributed by atoms with Gasteiger partial charge in [-0.2, -0.15) is 5.26 Å². The van der Waals surface area contributed by atoms with Gasteiger partial charge in [-0.3, -0.25) is 4.79 Å². The first-order chi connectivity index (χ1) is 7.63. The lowest BCUT2D eigenvalue weighted by Gasteiger charge is -2.15. The van der Waals surface area contributed by atoms with Gasteiger partial charge >= 0.3 is 5.97 Å². The first-order valence-corrected chi connectivity index (χ1v) is 5.25. The Labute approximate surface area is 95.7 Å². The zero-order valence-corrected chi connectivity index (χ0v) is 9.51. The average Bonchev–Trinajstić information content (AvgIpc) is 2.28. The van der Waals surface area contributed by atoms with E-state index in [1.165, 1.54) is 6.92 Å². The van der Waals surface area contributed by atoms with E-state index in [1.807, 2.05) is 43.3 Å². The number of hydrogen-bond donors (Lipinski definition) is 0. The summed E-state index contributed by atoms with van der Waals surface area (Å²) in [6.45, 7) is 3.33. The van der Waals surface area contributed by atoms with E-state index in [2.05, 4.69) is 0 Å². The van der Waals surface area contributed by atoms with Crippen LogP contribution < -0.4 is 0 Å². The van der Waals surface area contributed by atoms with Gasteiger partial charge in [0.2, 0.25) is 0 Å². The van der Waals surface area contributed by atoms with Crippen molar-refractivity contribution in [3.05, 3.63) is 35.9 Å². The summed E-state index contributed by atoms with van der Waals surface area (Å²) in [6.07, 6.45) is -0.132. The zero-order chi connectivity index (χ0) is 12.0. The van der Waals surface area contributed by atoms with Crippen LogP contribution in [0.4, 0.5) is 0 Å². The van der Waals surface area contributed by atoms with Crippen LogP contribution in [0.15, 0.2) is 30.3 Å². The molecule has 1 aromatic rings. The number of nitrogens with zero attached hydrogens (tertiary/aromatic N) is 1. The second-order valence-corrected chi connectivity index (χ2v) is 3.77. The molecular weight excluding hydrogens is 202 g/mol. The first kappa shape index (κ1) is 12.3. The van der Waals surface area contributed by atoms with Crippen molar-refractivity contribution in [1.29, 1.82) is 5.26 Å². The van der Waals surface area contributed by atoms with Crippen molar-refractivity contribution in [3.8, 4) is 6.07 Å². The Balaban J connectivity index is 2.60. The molecule has 0 heterocycles. The van der Waals surface area contributed by atoms with Gasteiger partial charge in [-0.1, -0.05) is 37.3 Å². The maximum atomic E-state index is 10.8. The molecule has 2 atom stereocenters. The number of esters is 1. The minimum atomic E-state index is -0.660. The van der Waals surface area contributed by atoms with E-state index in [0.717, 1.165) is 5.56 Å². The van der Waals surface area contributed by atoms with Crippen LogP contribution in [0.1, 0.15) is 31.7 Å². The molecule has 0 N–H and O–H groups in total. The Bertz CT molecular complexity index is 381. The summed E-state index contributed by atoms with van der Waals surface area (Å²) in [5.41, 5.74) is 1.15. The molecule has 0 aliphatic heterocycles. The number of benzene rings is 1. The van der Waals surface area contributed by atoms with E-state index in [-0.39, 0.29) is 5.92 Å². The van der Waals surface area contributed by atoms with Crippen molar-refractivity contribution in [2.75, 3.05) is 0 Å². The molecule has 0 amide bonds. The van der Waals surface area contributed by atoms with Crippen LogP contribution in [0.2, 0.25) is 0 Å². The predicted molar refractivity (Wildman–Crippen MR) is 60.6 cm³/mol. The highest BCUT2D eigenvalue weighted by molar-refractivity contribution is 5.66. The molecule has 3 nitrogen and oxygen atoms in total. The number of ether oxygens (including phenoxy) is 1. The van der Waals surface area contributed by atoms with Crippen LogP contribution in [0.5, 0.6) is 0 Å². The fourth-order valence-corrected chi connectivity index (χ4v) is 1.57. The van der Waals surface area contributed by atoms with Gasteiger partial charge in [-0.15, -0.1) is 0 Å². The smallest absolute Gasteiger partial charge is 0.303 e. The summed E-state index contributed by atoms with van der Waals surface area (Å²) < 4.78 is 4.89. The Morgan fingerprint density at radius 1 is 1.44 bits per heavy atom. The molecule has 0 unspecified atom stereocenters. The fraction of sp³-hybridized carbons (Fsp3) is 0.385. The quantitative estimate of drug-likeness (QED) is 0.728. The fourth-order valence-electron chi connectivity index (χ4n) is 1.57. The Hall–Kier alpha value is -1.82. The molecule has 16 heavy (non-hydrogen) atoms. The standard InChI is InChI=1S/C13H15NO2/c1-10(12-6-4-3-5-7-12)8-13(9-14)16-11(2)15/h3-7,10,13H,8H2,1-2H3/t10-,13+/m0/s1. The van der Waals surface area contributed by atoms with Crippen molar-refractivity contribution in [3.63, 3.8) is 0 Å². The normalized spacial score (nSPS) is 13.6. The van der Waals surface area contributed by atoms with Crippen LogP contribution in [0.3, 0.4) is 0 Å². The lowest BCUT2D eigenvalue weighted by molar-refractivity contribution is -0.144. The number of rotatable bonds is 4. The molecule has 0 bridgehead atoms. The van der Waals surface area contributed by atoms with Crippen LogP contribution in [-0.4, -0.2) is 12.1 Å². The van der Waals surface area contributed by atoms with E-state index in [4.69, 9.17) is 10.00 Å². The molecule has 0 aliphatic carbocycles. The number of nitriles is 1. The minimum Gasteiger partial charge on any atom is -0.447 e. The maximum Gasteiger partial charge on any atom is 0.303 e. The van der Waals surface area contributed by atoms with Gasteiger partial charge in [-0.05, 0) is 11.5 Å². The summed E-state index contributed by atoms with van der Waals surface area (Å²) >= 11 is 0. The summed E-state index contributed by atoms with van der Waals surface area (Å²) in [7, 11) is 0. The molecule has 1 aromatic carbocycles. The highest BCUT2D eigenvalue weighted by atomic mass is 16.5. The SMILES string of the molecule is CC(=O)O[C@@H](C#N)C[C@H](C)c1ccccc1. The van der Waals surface area contributed by atoms with E-state index in [1.54, 1.807) is 0 Å².